The average molecular weight is 235 g/mol. The number of ether oxygens (including phenoxy) is 1. The molecule has 0 amide bonds. The summed E-state index contributed by atoms with van der Waals surface area (Å²) in [7, 11) is 0. The topological polar surface area (TPSA) is 29.5 Å². The monoisotopic (exact) mass is 235 g/mol. The molecule has 0 spiro atoms. The van der Waals surface area contributed by atoms with E-state index in [4.69, 9.17) is 4.74 Å². The Morgan fingerprint density at radius 1 is 1.24 bits per heavy atom. The molecule has 94 valence electrons. The number of ketones is 1. The molecule has 3 aliphatic rings. The van der Waals surface area contributed by atoms with Crippen LogP contribution in [0.5, 0.6) is 0 Å². The predicted octanol–water partition coefficient (Wildman–Crippen LogP) is 1.63. The zero-order valence-corrected chi connectivity index (χ0v) is 10.5. The van der Waals surface area contributed by atoms with E-state index in [-0.39, 0.29) is 18.1 Å². The molecule has 0 aliphatic carbocycles. The molecular formula is C14H21NO2. The Morgan fingerprint density at radius 2 is 1.94 bits per heavy atom. The number of rotatable bonds is 3. The quantitative estimate of drug-likeness (QED) is 0.696. The average Bonchev–Trinajstić information content (AvgIpc) is 2.90. The Labute approximate surface area is 103 Å². The van der Waals surface area contributed by atoms with Crippen LogP contribution in [-0.2, 0) is 9.53 Å². The summed E-state index contributed by atoms with van der Waals surface area (Å²) in [5, 5.41) is 0. The van der Waals surface area contributed by atoms with E-state index >= 15 is 0 Å². The van der Waals surface area contributed by atoms with E-state index in [0.717, 1.165) is 6.54 Å². The summed E-state index contributed by atoms with van der Waals surface area (Å²) in [6, 6.07) is 0. The van der Waals surface area contributed by atoms with Gasteiger partial charge in [-0.05, 0) is 32.9 Å². The molecule has 0 N–H and O–H groups in total. The maximum Gasteiger partial charge on any atom is 0.136 e. The largest absolute Gasteiger partial charge is 0.366 e. The molecule has 3 rings (SSSR count). The molecule has 0 aromatic carbocycles. The highest BCUT2D eigenvalue weighted by Crippen LogP contribution is 2.40. The highest BCUT2D eigenvalue weighted by Gasteiger charge is 2.48. The normalized spacial score (nSPS) is 41.0. The molecule has 3 heteroatoms. The lowest BCUT2D eigenvalue weighted by Crippen LogP contribution is -2.41. The van der Waals surface area contributed by atoms with Crippen LogP contribution in [0.15, 0.2) is 12.2 Å². The Morgan fingerprint density at radius 3 is 2.65 bits per heavy atom. The van der Waals surface area contributed by atoms with E-state index in [1.54, 1.807) is 6.92 Å². The first-order chi connectivity index (χ1) is 8.25. The zero-order chi connectivity index (χ0) is 11.8. The number of carbonyl (C=O) groups excluding carboxylic acids is 1. The van der Waals surface area contributed by atoms with Crippen molar-refractivity contribution in [3.05, 3.63) is 12.2 Å². The minimum atomic E-state index is 0.0623. The van der Waals surface area contributed by atoms with E-state index in [1.165, 1.54) is 32.4 Å². The standard InChI is InChI=1S/C14H21NO2/c1-10(16)14-11(12-5-6-13(14)17-12)9-15-7-3-2-4-8-15/h5-6,11-14H,2-4,7-9H2,1H3/t11?,12-,13+,14?/m0/s1. The van der Waals surface area contributed by atoms with Crippen molar-refractivity contribution in [2.24, 2.45) is 11.8 Å². The Kier molecular flexibility index (Phi) is 3.05. The fraction of sp³-hybridized carbons (Fsp3) is 0.786. The van der Waals surface area contributed by atoms with Gasteiger partial charge in [0, 0.05) is 12.5 Å². The maximum absolute atomic E-state index is 11.8. The first kappa shape index (κ1) is 11.4. The minimum absolute atomic E-state index is 0.0623. The summed E-state index contributed by atoms with van der Waals surface area (Å²) in [6.07, 6.45) is 8.45. The highest BCUT2D eigenvalue weighted by atomic mass is 16.5. The molecule has 2 saturated heterocycles. The second kappa shape index (κ2) is 4.54. The van der Waals surface area contributed by atoms with E-state index in [2.05, 4.69) is 17.1 Å². The van der Waals surface area contributed by atoms with Crippen LogP contribution < -0.4 is 0 Å². The first-order valence-electron chi connectivity index (χ1n) is 6.82. The second-order valence-electron chi connectivity index (χ2n) is 5.61. The second-order valence-corrected chi connectivity index (χ2v) is 5.61. The van der Waals surface area contributed by atoms with Gasteiger partial charge in [0.15, 0.2) is 0 Å². The molecule has 0 aromatic heterocycles. The van der Waals surface area contributed by atoms with Gasteiger partial charge in [-0.2, -0.15) is 0 Å². The van der Waals surface area contributed by atoms with Gasteiger partial charge in [-0.15, -0.1) is 0 Å². The van der Waals surface area contributed by atoms with Crippen LogP contribution in [0.4, 0.5) is 0 Å². The molecule has 2 bridgehead atoms. The maximum atomic E-state index is 11.8. The molecule has 2 unspecified atom stereocenters. The lowest BCUT2D eigenvalue weighted by atomic mass is 9.80. The number of likely N-dealkylation sites (tertiary alicyclic amines) is 1. The summed E-state index contributed by atoms with van der Waals surface area (Å²) in [5.41, 5.74) is 0. The number of fused-ring (bicyclic) bond motifs is 2. The third kappa shape index (κ3) is 2.06. The van der Waals surface area contributed by atoms with E-state index in [9.17, 15) is 4.79 Å². The SMILES string of the molecule is CC(=O)C1C(CN2CCCCC2)[C@@H]2C=C[C@H]1O2. The summed E-state index contributed by atoms with van der Waals surface area (Å²) < 4.78 is 5.84. The molecule has 17 heavy (non-hydrogen) atoms. The molecule has 0 saturated carbocycles. The number of piperidine rings is 1. The van der Waals surface area contributed by atoms with Crippen molar-refractivity contribution >= 4 is 5.78 Å². The lowest BCUT2D eigenvalue weighted by molar-refractivity contribution is -0.122. The molecule has 3 heterocycles. The van der Waals surface area contributed by atoms with Gasteiger partial charge >= 0.3 is 0 Å². The number of hydrogen-bond donors (Lipinski definition) is 0. The van der Waals surface area contributed by atoms with Crippen molar-refractivity contribution in [3.8, 4) is 0 Å². The van der Waals surface area contributed by atoms with Crippen LogP contribution in [0.1, 0.15) is 26.2 Å². The Balaban J connectivity index is 1.68. The van der Waals surface area contributed by atoms with Gasteiger partial charge in [-0.25, -0.2) is 0 Å². The molecule has 0 radical (unpaired) electrons. The van der Waals surface area contributed by atoms with Gasteiger partial charge in [-0.1, -0.05) is 18.6 Å². The number of carbonyl (C=O) groups is 1. The molecule has 0 aromatic rings. The smallest absolute Gasteiger partial charge is 0.136 e. The van der Waals surface area contributed by atoms with Gasteiger partial charge in [0.25, 0.3) is 0 Å². The van der Waals surface area contributed by atoms with Crippen molar-refractivity contribution in [1.29, 1.82) is 0 Å². The summed E-state index contributed by atoms with van der Waals surface area (Å²) in [5.74, 6) is 0.788. The Bertz CT molecular complexity index is 333. The lowest BCUT2D eigenvalue weighted by Gasteiger charge is -2.32. The third-order valence-electron chi connectivity index (χ3n) is 4.43. The first-order valence-corrected chi connectivity index (χ1v) is 6.82. The number of nitrogens with zero attached hydrogens (tertiary/aromatic N) is 1. The fourth-order valence-corrected chi connectivity index (χ4v) is 3.58. The number of Topliss-reactive ketones (excluding diaryl/α,β-unsaturated/α-hetero) is 1. The zero-order valence-electron chi connectivity index (χ0n) is 10.5. The predicted molar refractivity (Wildman–Crippen MR) is 65.8 cm³/mol. The van der Waals surface area contributed by atoms with Crippen LogP contribution in [0, 0.1) is 11.8 Å². The third-order valence-corrected chi connectivity index (χ3v) is 4.43. The van der Waals surface area contributed by atoms with Crippen LogP contribution in [0.3, 0.4) is 0 Å². The highest BCUT2D eigenvalue weighted by molar-refractivity contribution is 5.80. The summed E-state index contributed by atoms with van der Waals surface area (Å²) in [4.78, 5) is 14.3. The van der Waals surface area contributed by atoms with Gasteiger partial charge < -0.3 is 9.64 Å². The van der Waals surface area contributed by atoms with E-state index in [0.29, 0.717) is 11.7 Å². The van der Waals surface area contributed by atoms with Gasteiger partial charge in [-0.3, -0.25) is 4.79 Å². The van der Waals surface area contributed by atoms with Gasteiger partial charge in [0.2, 0.25) is 0 Å². The molecule has 4 atom stereocenters. The van der Waals surface area contributed by atoms with Gasteiger partial charge in [0.05, 0.1) is 18.1 Å². The molecule has 2 fully saturated rings. The number of hydrogen-bond acceptors (Lipinski definition) is 3. The van der Waals surface area contributed by atoms with Gasteiger partial charge in [0.1, 0.15) is 5.78 Å². The summed E-state index contributed by atoms with van der Waals surface area (Å²) in [6.45, 7) is 5.14. The van der Waals surface area contributed by atoms with Crippen LogP contribution in [0.25, 0.3) is 0 Å². The van der Waals surface area contributed by atoms with Crippen molar-refractivity contribution in [1.82, 2.24) is 4.90 Å². The van der Waals surface area contributed by atoms with E-state index < -0.39 is 0 Å². The van der Waals surface area contributed by atoms with Crippen LogP contribution in [-0.4, -0.2) is 42.5 Å². The van der Waals surface area contributed by atoms with E-state index in [1.807, 2.05) is 0 Å². The van der Waals surface area contributed by atoms with Crippen molar-refractivity contribution < 1.29 is 9.53 Å². The summed E-state index contributed by atoms with van der Waals surface area (Å²) >= 11 is 0. The van der Waals surface area contributed by atoms with Crippen molar-refractivity contribution in [2.75, 3.05) is 19.6 Å². The minimum Gasteiger partial charge on any atom is -0.366 e. The fourth-order valence-electron chi connectivity index (χ4n) is 3.58. The molecule has 3 aliphatic heterocycles. The van der Waals surface area contributed by atoms with Crippen molar-refractivity contribution in [3.63, 3.8) is 0 Å². The molecule has 3 nitrogen and oxygen atoms in total. The molecular weight excluding hydrogens is 214 g/mol. The Hall–Kier alpha value is -0.670. The van der Waals surface area contributed by atoms with Crippen LogP contribution in [0.2, 0.25) is 0 Å². The van der Waals surface area contributed by atoms with Crippen molar-refractivity contribution in [2.45, 2.75) is 38.4 Å². The van der Waals surface area contributed by atoms with Crippen LogP contribution >= 0.6 is 0 Å².